The van der Waals surface area contributed by atoms with Crippen LogP contribution in [0.4, 0.5) is 0 Å². The van der Waals surface area contributed by atoms with Crippen molar-refractivity contribution in [3.05, 3.63) is 28.8 Å². The van der Waals surface area contributed by atoms with Crippen molar-refractivity contribution in [2.45, 2.75) is 57.1 Å². The standard InChI is InChI=1S/C20H29NO4S2/c1-14-9-15(2)20(16(3)10-14)26-12-19(22)21(11-18-5-4-7-25-18)17-6-8-27(23,24)13-17/h9-10,17-18H,4-8,11-13H2,1-3H3/t17-,18-/m1/s1. The number of carbonyl (C=O) groups is 1. The van der Waals surface area contributed by atoms with Gasteiger partial charge in [-0.2, -0.15) is 0 Å². The Balaban J connectivity index is 1.70. The number of amides is 1. The van der Waals surface area contributed by atoms with Gasteiger partial charge in [-0.25, -0.2) is 8.42 Å². The highest BCUT2D eigenvalue weighted by molar-refractivity contribution is 8.00. The summed E-state index contributed by atoms with van der Waals surface area (Å²) in [5, 5.41) is 0. The van der Waals surface area contributed by atoms with Crippen molar-refractivity contribution in [2.75, 3.05) is 30.4 Å². The number of carbonyl (C=O) groups excluding carboxylic acids is 1. The molecule has 0 spiro atoms. The van der Waals surface area contributed by atoms with Gasteiger partial charge in [0.15, 0.2) is 9.84 Å². The van der Waals surface area contributed by atoms with E-state index in [1.807, 2.05) is 0 Å². The lowest BCUT2D eigenvalue weighted by molar-refractivity contribution is -0.131. The number of rotatable bonds is 6. The van der Waals surface area contributed by atoms with E-state index < -0.39 is 9.84 Å². The number of benzene rings is 1. The molecular weight excluding hydrogens is 382 g/mol. The van der Waals surface area contributed by atoms with Crippen molar-refractivity contribution in [2.24, 2.45) is 0 Å². The Labute approximate surface area is 166 Å². The SMILES string of the molecule is Cc1cc(C)c(SCC(=O)N(C[C@H]2CCCO2)[C@@H]2CCS(=O)(=O)C2)c(C)c1. The van der Waals surface area contributed by atoms with Crippen LogP contribution in [0.25, 0.3) is 0 Å². The molecule has 150 valence electrons. The second-order valence-electron chi connectivity index (χ2n) is 7.75. The Kier molecular flexibility index (Phi) is 6.54. The first-order valence-electron chi connectivity index (χ1n) is 9.57. The van der Waals surface area contributed by atoms with Gasteiger partial charge in [0.2, 0.25) is 5.91 Å². The molecule has 1 aromatic carbocycles. The molecule has 2 atom stereocenters. The van der Waals surface area contributed by atoms with E-state index in [4.69, 9.17) is 4.74 Å². The van der Waals surface area contributed by atoms with Crippen LogP contribution in [-0.2, 0) is 19.4 Å². The van der Waals surface area contributed by atoms with Gasteiger partial charge in [0.1, 0.15) is 0 Å². The van der Waals surface area contributed by atoms with E-state index in [0.717, 1.165) is 24.3 Å². The van der Waals surface area contributed by atoms with Gasteiger partial charge < -0.3 is 9.64 Å². The lowest BCUT2D eigenvalue weighted by Gasteiger charge is -2.30. The quantitative estimate of drug-likeness (QED) is 0.674. The zero-order valence-corrected chi connectivity index (χ0v) is 18.0. The Morgan fingerprint density at radius 2 is 1.93 bits per heavy atom. The van der Waals surface area contributed by atoms with E-state index in [-0.39, 0.29) is 29.6 Å². The molecule has 2 aliphatic rings. The normalized spacial score (nSPS) is 24.3. The molecule has 0 aliphatic carbocycles. The van der Waals surface area contributed by atoms with Crippen LogP contribution < -0.4 is 0 Å². The number of nitrogens with zero attached hydrogens (tertiary/aromatic N) is 1. The molecule has 2 fully saturated rings. The average molecular weight is 412 g/mol. The molecule has 0 saturated carbocycles. The zero-order valence-electron chi connectivity index (χ0n) is 16.4. The molecule has 7 heteroatoms. The molecule has 3 rings (SSSR count). The summed E-state index contributed by atoms with van der Waals surface area (Å²) in [4.78, 5) is 16.0. The highest BCUT2D eigenvalue weighted by Gasteiger charge is 2.36. The second-order valence-corrected chi connectivity index (χ2v) is 11.0. The maximum atomic E-state index is 13.0. The molecule has 2 aliphatic heterocycles. The smallest absolute Gasteiger partial charge is 0.233 e. The molecule has 1 aromatic rings. The Morgan fingerprint density at radius 3 is 2.48 bits per heavy atom. The van der Waals surface area contributed by atoms with Crippen molar-refractivity contribution >= 4 is 27.5 Å². The average Bonchev–Trinajstić information content (AvgIpc) is 3.20. The molecule has 0 N–H and O–H groups in total. The highest BCUT2D eigenvalue weighted by Crippen LogP contribution is 2.29. The van der Waals surface area contributed by atoms with E-state index in [1.165, 1.54) is 16.7 Å². The summed E-state index contributed by atoms with van der Waals surface area (Å²) in [6, 6.07) is 4.05. The maximum Gasteiger partial charge on any atom is 0.233 e. The number of thioether (sulfide) groups is 1. The number of ether oxygens (including phenoxy) is 1. The summed E-state index contributed by atoms with van der Waals surface area (Å²) in [6.07, 6.45) is 2.51. The summed E-state index contributed by atoms with van der Waals surface area (Å²) in [5.41, 5.74) is 3.58. The first-order valence-corrected chi connectivity index (χ1v) is 12.4. The maximum absolute atomic E-state index is 13.0. The Hall–Kier alpha value is -1.05. The van der Waals surface area contributed by atoms with Crippen LogP contribution in [0.5, 0.6) is 0 Å². The van der Waals surface area contributed by atoms with Crippen molar-refractivity contribution in [3.8, 4) is 0 Å². The summed E-state index contributed by atoms with van der Waals surface area (Å²) >= 11 is 1.55. The molecule has 0 bridgehead atoms. The molecule has 2 saturated heterocycles. The van der Waals surface area contributed by atoms with Crippen molar-refractivity contribution < 1.29 is 17.9 Å². The van der Waals surface area contributed by atoms with Gasteiger partial charge in [0.05, 0.1) is 23.4 Å². The van der Waals surface area contributed by atoms with E-state index in [1.54, 1.807) is 16.7 Å². The first-order chi connectivity index (χ1) is 12.7. The van der Waals surface area contributed by atoms with Crippen LogP contribution in [0, 0.1) is 20.8 Å². The predicted octanol–water partition coefficient (Wildman–Crippen LogP) is 2.90. The van der Waals surface area contributed by atoms with Gasteiger partial charge in [0.25, 0.3) is 0 Å². The van der Waals surface area contributed by atoms with Crippen LogP contribution in [0.1, 0.15) is 36.0 Å². The first kappa shape index (κ1) is 20.7. The Bertz CT molecular complexity index is 777. The fraction of sp³-hybridized carbons (Fsp3) is 0.650. The van der Waals surface area contributed by atoms with E-state index in [9.17, 15) is 13.2 Å². The molecule has 0 aromatic heterocycles. The molecule has 0 unspecified atom stereocenters. The Morgan fingerprint density at radius 1 is 1.22 bits per heavy atom. The lowest BCUT2D eigenvalue weighted by Crippen LogP contribution is -2.46. The van der Waals surface area contributed by atoms with Gasteiger partial charge in [-0.05, 0) is 51.2 Å². The fourth-order valence-electron chi connectivity index (χ4n) is 4.09. The van der Waals surface area contributed by atoms with E-state index in [2.05, 4.69) is 32.9 Å². The highest BCUT2D eigenvalue weighted by atomic mass is 32.2. The summed E-state index contributed by atoms with van der Waals surface area (Å²) in [6.45, 7) is 7.45. The minimum absolute atomic E-state index is 0.0111. The van der Waals surface area contributed by atoms with Crippen molar-refractivity contribution in [3.63, 3.8) is 0 Å². The van der Waals surface area contributed by atoms with E-state index >= 15 is 0 Å². The number of sulfone groups is 1. The molecular formula is C20H29NO4S2. The van der Waals surface area contributed by atoms with Gasteiger partial charge in [-0.15, -0.1) is 11.8 Å². The number of hydrogen-bond acceptors (Lipinski definition) is 5. The number of hydrogen-bond donors (Lipinski definition) is 0. The third-order valence-electron chi connectivity index (χ3n) is 5.34. The lowest BCUT2D eigenvalue weighted by atomic mass is 10.1. The molecule has 27 heavy (non-hydrogen) atoms. The summed E-state index contributed by atoms with van der Waals surface area (Å²) in [7, 11) is -3.03. The third kappa shape index (κ3) is 5.27. The minimum atomic E-state index is -3.03. The monoisotopic (exact) mass is 411 g/mol. The molecule has 2 heterocycles. The zero-order chi connectivity index (χ0) is 19.6. The van der Waals surface area contributed by atoms with Crippen molar-refractivity contribution in [1.29, 1.82) is 0 Å². The minimum Gasteiger partial charge on any atom is -0.376 e. The second kappa shape index (κ2) is 8.53. The van der Waals surface area contributed by atoms with Gasteiger partial charge in [-0.1, -0.05) is 17.7 Å². The molecule has 0 radical (unpaired) electrons. The number of aryl methyl sites for hydroxylation is 3. The van der Waals surface area contributed by atoms with Crippen LogP contribution in [-0.4, -0.2) is 61.8 Å². The van der Waals surface area contributed by atoms with Gasteiger partial charge in [0, 0.05) is 24.1 Å². The predicted molar refractivity (Wildman–Crippen MR) is 109 cm³/mol. The van der Waals surface area contributed by atoms with Gasteiger partial charge in [-0.3, -0.25) is 4.79 Å². The van der Waals surface area contributed by atoms with E-state index in [0.29, 0.717) is 18.7 Å². The van der Waals surface area contributed by atoms with Crippen LogP contribution in [0.15, 0.2) is 17.0 Å². The molecule has 1 amide bonds. The van der Waals surface area contributed by atoms with Crippen LogP contribution in [0.2, 0.25) is 0 Å². The van der Waals surface area contributed by atoms with Crippen LogP contribution in [0.3, 0.4) is 0 Å². The van der Waals surface area contributed by atoms with Gasteiger partial charge >= 0.3 is 0 Å². The topological polar surface area (TPSA) is 63.7 Å². The van der Waals surface area contributed by atoms with Crippen LogP contribution >= 0.6 is 11.8 Å². The largest absolute Gasteiger partial charge is 0.376 e. The third-order valence-corrected chi connectivity index (χ3v) is 8.41. The van der Waals surface area contributed by atoms with Crippen molar-refractivity contribution in [1.82, 2.24) is 4.90 Å². The summed E-state index contributed by atoms with van der Waals surface area (Å²) < 4.78 is 29.6. The summed E-state index contributed by atoms with van der Waals surface area (Å²) in [5.74, 6) is 0.597. The fourth-order valence-corrected chi connectivity index (χ4v) is 6.83. The molecule has 5 nitrogen and oxygen atoms in total.